The summed E-state index contributed by atoms with van der Waals surface area (Å²) >= 11 is 0. The van der Waals surface area contributed by atoms with E-state index in [1.165, 1.54) is 0 Å². The first kappa shape index (κ1) is 15.5. The second-order valence-corrected chi connectivity index (χ2v) is 5.45. The maximum absolute atomic E-state index is 12.2. The minimum atomic E-state index is -0.631. The highest BCUT2D eigenvalue weighted by atomic mass is 16.2. The number of rotatable bonds is 4. The Balaban J connectivity index is 1.66. The SMILES string of the molecule is Cc1cccn2cc(CC(=O)Nc3ccc(NC(N)=O)cc3)nc12. The summed E-state index contributed by atoms with van der Waals surface area (Å²) in [6.45, 7) is 1.98. The van der Waals surface area contributed by atoms with Crippen LogP contribution in [-0.4, -0.2) is 21.3 Å². The Morgan fingerprint density at radius 1 is 1.12 bits per heavy atom. The van der Waals surface area contributed by atoms with Gasteiger partial charge in [-0.05, 0) is 42.8 Å². The van der Waals surface area contributed by atoms with Crippen molar-refractivity contribution >= 4 is 29.0 Å². The van der Waals surface area contributed by atoms with Crippen LogP contribution in [0.1, 0.15) is 11.3 Å². The second kappa shape index (κ2) is 6.41. The van der Waals surface area contributed by atoms with E-state index in [1.807, 2.05) is 35.9 Å². The van der Waals surface area contributed by atoms with Gasteiger partial charge in [-0.25, -0.2) is 9.78 Å². The van der Waals surface area contributed by atoms with Crippen LogP contribution in [0.5, 0.6) is 0 Å². The molecule has 4 N–H and O–H groups in total. The number of carbonyl (C=O) groups is 2. The Kier molecular flexibility index (Phi) is 4.15. The summed E-state index contributed by atoms with van der Waals surface area (Å²) in [5, 5.41) is 5.26. The number of primary amides is 1. The van der Waals surface area contributed by atoms with Crippen molar-refractivity contribution in [3.63, 3.8) is 0 Å². The third-order valence-electron chi connectivity index (χ3n) is 3.51. The van der Waals surface area contributed by atoms with Gasteiger partial charge in [-0.2, -0.15) is 0 Å². The standard InChI is InChI=1S/C17H17N5O2/c1-11-3-2-8-22-10-14(20-16(11)22)9-15(23)19-12-4-6-13(7-5-12)21-17(18)24/h2-8,10H,9H2,1H3,(H,19,23)(H3,18,21,24). The smallest absolute Gasteiger partial charge is 0.316 e. The van der Waals surface area contributed by atoms with E-state index < -0.39 is 6.03 Å². The third kappa shape index (κ3) is 3.52. The van der Waals surface area contributed by atoms with Crippen molar-refractivity contribution in [1.82, 2.24) is 9.38 Å². The van der Waals surface area contributed by atoms with Crippen molar-refractivity contribution in [2.75, 3.05) is 10.6 Å². The number of nitrogens with two attached hydrogens (primary N) is 1. The molecule has 3 aromatic rings. The van der Waals surface area contributed by atoms with Gasteiger partial charge in [0, 0.05) is 23.8 Å². The Labute approximate surface area is 138 Å². The molecule has 0 unspecified atom stereocenters. The first-order valence-corrected chi connectivity index (χ1v) is 7.41. The number of nitrogens with zero attached hydrogens (tertiary/aromatic N) is 2. The van der Waals surface area contributed by atoms with Crippen LogP contribution in [0.4, 0.5) is 16.2 Å². The van der Waals surface area contributed by atoms with Gasteiger partial charge in [0.15, 0.2) is 0 Å². The molecule has 24 heavy (non-hydrogen) atoms. The summed E-state index contributed by atoms with van der Waals surface area (Å²) in [6.07, 6.45) is 3.94. The van der Waals surface area contributed by atoms with Gasteiger partial charge in [0.2, 0.25) is 5.91 Å². The zero-order valence-corrected chi connectivity index (χ0v) is 13.1. The van der Waals surface area contributed by atoms with Gasteiger partial charge in [0.25, 0.3) is 0 Å². The molecule has 7 nitrogen and oxygen atoms in total. The molecule has 0 saturated heterocycles. The summed E-state index contributed by atoms with van der Waals surface area (Å²) in [4.78, 5) is 27.4. The van der Waals surface area contributed by atoms with Gasteiger partial charge in [-0.3, -0.25) is 4.79 Å². The molecule has 0 spiro atoms. The lowest BCUT2D eigenvalue weighted by Crippen LogP contribution is -2.19. The predicted octanol–water partition coefficient (Wildman–Crippen LogP) is 2.31. The van der Waals surface area contributed by atoms with Crippen LogP contribution in [0.25, 0.3) is 5.65 Å². The number of urea groups is 1. The summed E-state index contributed by atoms with van der Waals surface area (Å²) in [7, 11) is 0. The number of aryl methyl sites for hydroxylation is 1. The van der Waals surface area contributed by atoms with Gasteiger partial charge in [0.05, 0.1) is 12.1 Å². The Bertz CT molecular complexity index is 899. The molecule has 2 heterocycles. The van der Waals surface area contributed by atoms with Crippen LogP contribution >= 0.6 is 0 Å². The molecule has 1 aromatic carbocycles. The maximum atomic E-state index is 12.2. The summed E-state index contributed by atoms with van der Waals surface area (Å²) in [6, 6.07) is 10.00. The van der Waals surface area contributed by atoms with Crippen molar-refractivity contribution in [3.05, 3.63) is 60.0 Å². The molecule has 0 aliphatic rings. The van der Waals surface area contributed by atoms with Gasteiger partial charge >= 0.3 is 6.03 Å². The van der Waals surface area contributed by atoms with E-state index in [1.54, 1.807) is 24.3 Å². The number of hydrogen-bond donors (Lipinski definition) is 3. The molecule has 122 valence electrons. The van der Waals surface area contributed by atoms with Crippen LogP contribution in [0, 0.1) is 6.92 Å². The number of benzene rings is 1. The van der Waals surface area contributed by atoms with Crippen LogP contribution in [0.15, 0.2) is 48.8 Å². The van der Waals surface area contributed by atoms with Crippen LogP contribution in [-0.2, 0) is 11.2 Å². The average Bonchev–Trinajstić information content (AvgIpc) is 2.92. The number of nitrogens with one attached hydrogen (secondary N) is 2. The highest BCUT2D eigenvalue weighted by molar-refractivity contribution is 5.93. The zero-order valence-electron chi connectivity index (χ0n) is 13.1. The molecule has 0 bridgehead atoms. The van der Waals surface area contributed by atoms with Gasteiger partial charge in [-0.1, -0.05) is 6.07 Å². The lowest BCUT2D eigenvalue weighted by atomic mass is 10.2. The first-order chi connectivity index (χ1) is 11.5. The number of fused-ring (bicyclic) bond motifs is 1. The number of amides is 3. The fraction of sp³-hybridized carbons (Fsp3) is 0.118. The quantitative estimate of drug-likeness (QED) is 0.686. The maximum Gasteiger partial charge on any atom is 0.316 e. The molecule has 7 heteroatoms. The largest absolute Gasteiger partial charge is 0.351 e. The molecule has 0 fully saturated rings. The van der Waals surface area contributed by atoms with Crippen molar-refractivity contribution in [2.45, 2.75) is 13.3 Å². The minimum Gasteiger partial charge on any atom is -0.351 e. The molecule has 0 saturated carbocycles. The minimum absolute atomic E-state index is 0.160. The Morgan fingerprint density at radius 2 is 1.79 bits per heavy atom. The molecule has 0 aliphatic carbocycles. The van der Waals surface area contributed by atoms with Crippen LogP contribution < -0.4 is 16.4 Å². The van der Waals surface area contributed by atoms with E-state index >= 15 is 0 Å². The summed E-state index contributed by atoms with van der Waals surface area (Å²) in [5.74, 6) is -0.160. The molecule has 3 rings (SSSR count). The first-order valence-electron chi connectivity index (χ1n) is 7.41. The Hall–Kier alpha value is -3.35. The van der Waals surface area contributed by atoms with Crippen molar-refractivity contribution < 1.29 is 9.59 Å². The fourth-order valence-corrected chi connectivity index (χ4v) is 2.44. The molecule has 0 radical (unpaired) electrons. The zero-order chi connectivity index (χ0) is 17.1. The van der Waals surface area contributed by atoms with Crippen LogP contribution in [0.2, 0.25) is 0 Å². The molecule has 0 aliphatic heterocycles. The average molecular weight is 323 g/mol. The van der Waals surface area contributed by atoms with Crippen molar-refractivity contribution in [1.29, 1.82) is 0 Å². The number of anilines is 2. The predicted molar refractivity (Wildman–Crippen MR) is 91.9 cm³/mol. The summed E-state index contributed by atoms with van der Waals surface area (Å²) < 4.78 is 1.91. The van der Waals surface area contributed by atoms with E-state index in [2.05, 4.69) is 15.6 Å². The molecule has 3 amide bonds. The summed E-state index contributed by atoms with van der Waals surface area (Å²) in [5.41, 5.74) is 8.85. The molecular weight excluding hydrogens is 306 g/mol. The number of hydrogen-bond acceptors (Lipinski definition) is 3. The lowest BCUT2D eigenvalue weighted by molar-refractivity contribution is -0.115. The topological polar surface area (TPSA) is 102 Å². The number of carbonyl (C=O) groups excluding carboxylic acids is 2. The third-order valence-corrected chi connectivity index (χ3v) is 3.51. The molecule has 2 aromatic heterocycles. The van der Waals surface area contributed by atoms with Crippen molar-refractivity contribution in [2.24, 2.45) is 5.73 Å². The van der Waals surface area contributed by atoms with E-state index in [0.717, 1.165) is 11.2 Å². The fourth-order valence-electron chi connectivity index (χ4n) is 2.44. The Morgan fingerprint density at radius 3 is 2.42 bits per heavy atom. The second-order valence-electron chi connectivity index (χ2n) is 5.45. The highest BCUT2D eigenvalue weighted by Gasteiger charge is 2.09. The van der Waals surface area contributed by atoms with Gasteiger partial charge in [0.1, 0.15) is 5.65 Å². The monoisotopic (exact) mass is 323 g/mol. The van der Waals surface area contributed by atoms with E-state index in [4.69, 9.17) is 5.73 Å². The number of aromatic nitrogens is 2. The number of imidazole rings is 1. The van der Waals surface area contributed by atoms with Gasteiger partial charge in [-0.15, -0.1) is 0 Å². The van der Waals surface area contributed by atoms with E-state index in [-0.39, 0.29) is 12.3 Å². The van der Waals surface area contributed by atoms with Gasteiger partial charge < -0.3 is 20.8 Å². The highest BCUT2D eigenvalue weighted by Crippen LogP contribution is 2.14. The van der Waals surface area contributed by atoms with E-state index in [9.17, 15) is 9.59 Å². The van der Waals surface area contributed by atoms with Crippen molar-refractivity contribution in [3.8, 4) is 0 Å². The molecular formula is C17H17N5O2. The van der Waals surface area contributed by atoms with Crippen LogP contribution in [0.3, 0.4) is 0 Å². The normalized spacial score (nSPS) is 10.5. The van der Waals surface area contributed by atoms with E-state index in [0.29, 0.717) is 17.1 Å². The number of pyridine rings is 1. The molecule has 0 atom stereocenters. The lowest BCUT2D eigenvalue weighted by Gasteiger charge is -2.06.